The lowest BCUT2D eigenvalue weighted by Gasteiger charge is -2.25. The Morgan fingerprint density at radius 2 is 2.07 bits per heavy atom. The van der Waals surface area contributed by atoms with Gasteiger partial charge in [0.25, 0.3) is 0 Å². The van der Waals surface area contributed by atoms with Crippen LogP contribution in [-0.4, -0.2) is 28.6 Å². The van der Waals surface area contributed by atoms with E-state index in [9.17, 15) is 0 Å². The van der Waals surface area contributed by atoms with Gasteiger partial charge in [-0.1, -0.05) is 13.3 Å². The van der Waals surface area contributed by atoms with Crippen LogP contribution < -0.4 is 5.32 Å². The van der Waals surface area contributed by atoms with Gasteiger partial charge in [0, 0.05) is 18.6 Å². The predicted molar refractivity (Wildman–Crippen MR) is 63.4 cm³/mol. The molecule has 80 valence electrons. The zero-order valence-electron chi connectivity index (χ0n) is 8.96. The van der Waals surface area contributed by atoms with Gasteiger partial charge in [-0.25, -0.2) is 0 Å². The highest BCUT2D eigenvalue weighted by atomic mass is 32.1. The van der Waals surface area contributed by atoms with Crippen LogP contribution in [0.25, 0.3) is 0 Å². The molecule has 1 N–H and O–H groups in total. The summed E-state index contributed by atoms with van der Waals surface area (Å²) >= 11 is 5.44. The Balaban J connectivity index is 1.77. The normalized spacial score (nSPS) is 20.6. The zero-order valence-corrected chi connectivity index (χ0v) is 9.78. The van der Waals surface area contributed by atoms with E-state index in [1.807, 2.05) is 0 Å². The SMILES string of the molecule is CCCCN(C(=S)NC1CC1)C1CC1. The summed E-state index contributed by atoms with van der Waals surface area (Å²) in [5, 5.41) is 4.46. The molecule has 0 unspecified atom stereocenters. The van der Waals surface area contributed by atoms with E-state index >= 15 is 0 Å². The number of nitrogens with zero attached hydrogens (tertiary/aromatic N) is 1. The number of hydrogen-bond donors (Lipinski definition) is 1. The van der Waals surface area contributed by atoms with Crippen molar-refractivity contribution in [2.75, 3.05) is 6.54 Å². The molecule has 2 saturated carbocycles. The maximum Gasteiger partial charge on any atom is 0.169 e. The summed E-state index contributed by atoms with van der Waals surface area (Å²) in [5.41, 5.74) is 0. The Bertz CT molecular complexity index is 209. The molecule has 2 nitrogen and oxygen atoms in total. The lowest BCUT2D eigenvalue weighted by Crippen LogP contribution is -2.42. The summed E-state index contributed by atoms with van der Waals surface area (Å²) in [6.45, 7) is 3.39. The largest absolute Gasteiger partial charge is 0.360 e. The molecule has 0 aromatic carbocycles. The molecule has 0 spiro atoms. The van der Waals surface area contributed by atoms with Gasteiger partial charge in [-0.2, -0.15) is 0 Å². The van der Waals surface area contributed by atoms with Crippen molar-refractivity contribution in [2.24, 2.45) is 0 Å². The summed E-state index contributed by atoms with van der Waals surface area (Å²) < 4.78 is 0. The summed E-state index contributed by atoms with van der Waals surface area (Å²) in [5.74, 6) is 0. The topological polar surface area (TPSA) is 15.3 Å². The van der Waals surface area contributed by atoms with Crippen molar-refractivity contribution < 1.29 is 0 Å². The molecule has 3 heteroatoms. The fourth-order valence-corrected chi connectivity index (χ4v) is 2.06. The first kappa shape index (κ1) is 10.2. The third-order valence-corrected chi connectivity index (χ3v) is 3.26. The van der Waals surface area contributed by atoms with Gasteiger partial charge in [-0.15, -0.1) is 0 Å². The Hall–Kier alpha value is -0.310. The van der Waals surface area contributed by atoms with E-state index in [0.717, 1.165) is 17.7 Å². The standard InChI is InChI=1S/C11H20N2S/c1-2-3-8-13(10-6-7-10)11(14)12-9-4-5-9/h9-10H,2-8H2,1H3,(H,12,14). The number of thiocarbonyl (C=S) groups is 1. The molecular formula is C11H20N2S. The van der Waals surface area contributed by atoms with E-state index in [1.165, 1.54) is 38.5 Å². The van der Waals surface area contributed by atoms with Crippen LogP contribution in [0.4, 0.5) is 0 Å². The van der Waals surface area contributed by atoms with Crippen LogP contribution in [0.5, 0.6) is 0 Å². The van der Waals surface area contributed by atoms with Gasteiger partial charge in [0.05, 0.1) is 0 Å². The van der Waals surface area contributed by atoms with Crippen molar-refractivity contribution in [1.82, 2.24) is 10.2 Å². The summed E-state index contributed by atoms with van der Waals surface area (Å²) in [6.07, 6.45) is 7.84. The first-order chi connectivity index (χ1) is 6.81. The van der Waals surface area contributed by atoms with Crippen LogP contribution in [0.15, 0.2) is 0 Å². The van der Waals surface area contributed by atoms with Crippen molar-refractivity contribution >= 4 is 17.3 Å². The fourth-order valence-electron chi connectivity index (χ4n) is 1.65. The Labute approximate surface area is 92.0 Å². The minimum Gasteiger partial charge on any atom is -0.360 e. The molecule has 0 saturated heterocycles. The quantitative estimate of drug-likeness (QED) is 0.704. The number of nitrogens with one attached hydrogen (secondary N) is 1. The lowest BCUT2D eigenvalue weighted by atomic mass is 10.3. The Kier molecular flexibility index (Phi) is 3.26. The van der Waals surface area contributed by atoms with E-state index in [0.29, 0.717) is 6.04 Å². The predicted octanol–water partition coefficient (Wildman–Crippen LogP) is 2.29. The third-order valence-electron chi connectivity index (χ3n) is 2.91. The molecule has 2 aliphatic rings. The van der Waals surface area contributed by atoms with E-state index in [-0.39, 0.29) is 0 Å². The lowest BCUT2D eigenvalue weighted by molar-refractivity contribution is 0.392. The molecule has 0 atom stereocenters. The van der Waals surface area contributed by atoms with Crippen LogP contribution in [0.3, 0.4) is 0 Å². The second-order valence-electron chi connectivity index (χ2n) is 4.50. The van der Waals surface area contributed by atoms with Crippen molar-refractivity contribution in [3.05, 3.63) is 0 Å². The fraction of sp³-hybridized carbons (Fsp3) is 0.909. The monoisotopic (exact) mass is 212 g/mol. The average molecular weight is 212 g/mol. The molecular weight excluding hydrogens is 192 g/mol. The molecule has 2 aliphatic carbocycles. The minimum absolute atomic E-state index is 0.699. The average Bonchev–Trinajstić information content (AvgIpc) is 2.98. The molecule has 0 aromatic rings. The van der Waals surface area contributed by atoms with Crippen LogP contribution in [0, 0.1) is 0 Å². The second-order valence-corrected chi connectivity index (χ2v) is 4.89. The Morgan fingerprint density at radius 1 is 1.36 bits per heavy atom. The van der Waals surface area contributed by atoms with Crippen molar-refractivity contribution in [3.63, 3.8) is 0 Å². The highest BCUT2D eigenvalue weighted by molar-refractivity contribution is 7.80. The van der Waals surface area contributed by atoms with Gasteiger partial charge in [0.15, 0.2) is 5.11 Å². The van der Waals surface area contributed by atoms with Crippen LogP contribution in [-0.2, 0) is 0 Å². The first-order valence-electron chi connectivity index (χ1n) is 5.88. The van der Waals surface area contributed by atoms with Crippen LogP contribution >= 0.6 is 12.2 Å². The molecule has 2 fully saturated rings. The molecule has 0 bridgehead atoms. The van der Waals surface area contributed by atoms with E-state index in [1.54, 1.807) is 0 Å². The van der Waals surface area contributed by atoms with Crippen molar-refractivity contribution in [1.29, 1.82) is 0 Å². The van der Waals surface area contributed by atoms with E-state index < -0.39 is 0 Å². The van der Waals surface area contributed by atoms with Gasteiger partial charge in [0.1, 0.15) is 0 Å². The zero-order chi connectivity index (χ0) is 9.97. The summed E-state index contributed by atoms with van der Waals surface area (Å²) in [7, 11) is 0. The molecule has 0 amide bonds. The van der Waals surface area contributed by atoms with Crippen molar-refractivity contribution in [2.45, 2.75) is 57.5 Å². The molecule has 14 heavy (non-hydrogen) atoms. The van der Waals surface area contributed by atoms with Gasteiger partial charge < -0.3 is 10.2 Å². The smallest absolute Gasteiger partial charge is 0.169 e. The molecule has 2 rings (SSSR count). The third kappa shape index (κ3) is 2.84. The van der Waals surface area contributed by atoms with Crippen LogP contribution in [0.2, 0.25) is 0 Å². The highest BCUT2D eigenvalue weighted by Crippen LogP contribution is 2.28. The molecule has 0 aliphatic heterocycles. The summed E-state index contributed by atoms with van der Waals surface area (Å²) in [4.78, 5) is 2.41. The maximum atomic E-state index is 5.44. The minimum atomic E-state index is 0.699. The number of unbranched alkanes of at least 4 members (excludes halogenated alkanes) is 1. The Morgan fingerprint density at radius 3 is 2.57 bits per heavy atom. The molecule has 0 heterocycles. The maximum absolute atomic E-state index is 5.44. The highest BCUT2D eigenvalue weighted by Gasteiger charge is 2.32. The molecule has 0 aromatic heterocycles. The van der Waals surface area contributed by atoms with Gasteiger partial charge in [-0.05, 0) is 44.3 Å². The molecule has 0 radical (unpaired) electrons. The van der Waals surface area contributed by atoms with E-state index in [4.69, 9.17) is 12.2 Å². The number of hydrogen-bond acceptors (Lipinski definition) is 1. The summed E-state index contributed by atoms with van der Waals surface area (Å²) in [6, 6.07) is 1.46. The van der Waals surface area contributed by atoms with E-state index in [2.05, 4.69) is 17.1 Å². The first-order valence-corrected chi connectivity index (χ1v) is 6.29. The second kappa shape index (κ2) is 4.47. The van der Waals surface area contributed by atoms with Gasteiger partial charge in [-0.3, -0.25) is 0 Å². The van der Waals surface area contributed by atoms with Crippen LogP contribution in [0.1, 0.15) is 45.4 Å². The number of rotatable bonds is 5. The van der Waals surface area contributed by atoms with Crippen molar-refractivity contribution in [3.8, 4) is 0 Å². The van der Waals surface area contributed by atoms with Gasteiger partial charge in [0.2, 0.25) is 0 Å². The van der Waals surface area contributed by atoms with Gasteiger partial charge >= 0.3 is 0 Å².